The third-order valence-corrected chi connectivity index (χ3v) is 3.56. The van der Waals surface area contributed by atoms with Gasteiger partial charge in [-0.15, -0.1) is 0 Å². The average Bonchev–Trinajstić information content (AvgIpc) is 2.64. The third-order valence-electron chi connectivity index (χ3n) is 3.56. The predicted molar refractivity (Wildman–Crippen MR) is 74.4 cm³/mol. The Morgan fingerprint density at radius 1 is 1.32 bits per heavy atom. The minimum atomic E-state index is -0.385. The highest BCUT2D eigenvalue weighted by Gasteiger charge is 2.15. The first-order valence-corrected chi connectivity index (χ1v) is 6.57. The molecule has 2 rings (SSSR count). The Morgan fingerprint density at radius 2 is 2.00 bits per heavy atom. The molecule has 0 aliphatic rings. The second kappa shape index (κ2) is 5.53. The first-order valence-electron chi connectivity index (χ1n) is 6.57. The van der Waals surface area contributed by atoms with Gasteiger partial charge in [0.1, 0.15) is 5.82 Å². The van der Waals surface area contributed by atoms with Gasteiger partial charge >= 0.3 is 0 Å². The van der Waals surface area contributed by atoms with Gasteiger partial charge in [-0.3, -0.25) is 4.68 Å². The van der Waals surface area contributed by atoms with E-state index in [4.69, 9.17) is 5.73 Å². The van der Waals surface area contributed by atoms with E-state index in [0.29, 0.717) is 12.1 Å². The minimum Gasteiger partial charge on any atom is -0.322 e. The molecular formula is C15H20FN3. The molecule has 0 bridgehead atoms. The van der Waals surface area contributed by atoms with Crippen LogP contribution in [0.3, 0.4) is 0 Å². The Hall–Kier alpha value is -1.68. The maximum Gasteiger partial charge on any atom is 0.128 e. The van der Waals surface area contributed by atoms with E-state index < -0.39 is 0 Å². The van der Waals surface area contributed by atoms with Crippen molar-refractivity contribution >= 4 is 0 Å². The molecule has 0 aliphatic carbocycles. The molecule has 19 heavy (non-hydrogen) atoms. The van der Waals surface area contributed by atoms with E-state index in [1.807, 2.05) is 18.5 Å². The smallest absolute Gasteiger partial charge is 0.128 e. The fourth-order valence-electron chi connectivity index (χ4n) is 2.48. The van der Waals surface area contributed by atoms with E-state index in [9.17, 15) is 4.39 Å². The molecule has 1 aromatic carbocycles. The molecule has 4 heteroatoms. The van der Waals surface area contributed by atoms with Crippen molar-refractivity contribution in [1.29, 1.82) is 0 Å². The van der Waals surface area contributed by atoms with E-state index in [0.717, 1.165) is 17.8 Å². The van der Waals surface area contributed by atoms with Gasteiger partial charge in [-0.25, -0.2) is 4.39 Å². The summed E-state index contributed by atoms with van der Waals surface area (Å²) in [5.74, 6) is -0.257. The lowest BCUT2D eigenvalue weighted by atomic mass is 10.1. The quantitative estimate of drug-likeness (QED) is 0.919. The van der Waals surface area contributed by atoms with Crippen molar-refractivity contribution in [3.63, 3.8) is 0 Å². The van der Waals surface area contributed by atoms with Gasteiger partial charge in [-0.2, -0.15) is 5.10 Å². The number of aryl methyl sites for hydroxylation is 1. The lowest BCUT2D eigenvalue weighted by Crippen LogP contribution is -2.20. The molecular weight excluding hydrogens is 241 g/mol. The molecule has 0 fully saturated rings. The van der Waals surface area contributed by atoms with Crippen LogP contribution in [0.1, 0.15) is 35.5 Å². The van der Waals surface area contributed by atoms with Gasteiger partial charge in [0.15, 0.2) is 0 Å². The van der Waals surface area contributed by atoms with Crippen LogP contribution < -0.4 is 5.73 Å². The van der Waals surface area contributed by atoms with Gasteiger partial charge in [-0.1, -0.05) is 25.1 Å². The predicted octanol–water partition coefficient (Wildman–Crippen LogP) is 2.90. The van der Waals surface area contributed by atoms with E-state index in [-0.39, 0.29) is 11.9 Å². The Kier molecular flexibility index (Phi) is 4.00. The van der Waals surface area contributed by atoms with Gasteiger partial charge in [0.2, 0.25) is 0 Å². The number of halogens is 1. The maximum atomic E-state index is 13.7. The lowest BCUT2D eigenvalue weighted by Gasteiger charge is -2.14. The molecule has 0 saturated heterocycles. The zero-order valence-corrected chi connectivity index (χ0v) is 11.7. The summed E-state index contributed by atoms with van der Waals surface area (Å²) in [4.78, 5) is 0. The number of hydrogen-bond donors (Lipinski definition) is 1. The van der Waals surface area contributed by atoms with Crippen molar-refractivity contribution in [2.45, 2.75) is 39.8 Å². The molecule has 0 radical (unpaired) electrons. The number of nitrogens with zero attached hydrogens (tertiary/aromatic N) is 2. The molecule has 1 atom stereocenters. The van der Waals surface area contributed by atoms with Crippen molar-refractivity contribution in [2.24, 2.45) is 5.73 Å². The van der Waals surface area contributed by atoms with Crippen LogP contribution in [0.5, 0.6) is 0 Å². The normalized spacial score (nSPS) is 12.7. The van der Waals surface area contributed by atoms with E-state index in [1.54, 1.807) is 18.2 Å². The summed E-state index contributed by atoms with van der Waals surface area (Å²) in [7, 11) is 0. The Balaban J connectivity index is 2.25. The molecule has 102 valence electrons. The van der Waals surface area contributed by atoms with E-state index >= 15 is 0 Å². The number of nitrogens with two attached hydrogens (primary N) is 1. The SMILES string of the molecule is CCc1c(C)nn(CC(N)c2ccccc2F)c1C. The fourth-order valence-corrected chi connectivity index (χ4v) is 2.48. The van der Waals surface area contributed by atoms with Crippen molar-refractivity contribution in [2.75, 3.05) is 0 Å². The molecule has 2 N–H and O–H groups in total. The molecule has 3 nitrogen and oxygen atoms in total. The second-order valence-electron chi connectivity index (χ2n) is 4.81. The summed E-state index contributed by atoms with van der Waals surface area (Å²) < 4.78 is 15.6. The summed E-state index contributed by atoms with van der Waals surface area (Å²) >= 11 is 0. The first kappa shape index (κ1) is 13.7. The topological polar surface area (TPSA) is 43.8 Å². The molecule has 0 aliphatic heterocycles. The van der Waals surface area contributed by atoms with Crippen LogP contribution in [0.4, 0.5) is 4.39 Å². The lowest BCUT2D eigenvalue weighted by molar-refractivity contribution is 0.492. The summed E-state index contributed by atoms with van der Waals surface area (Å²) in [6, 6.07) is 6.25. The summed E-state index contributed by atoms with van der Waals surface area (Å²) in [6.45, 7) is 6.63. The number of benzene rings is 1. The molecule has 1 aromatic heterocycles. The Bertz CT molecular complexity index is 575. The van der Waals surface area contributed by atoms with Gasteiger partial charge in [0, 0.05) is 11.3 Å². The molecule has 1 unspecified atom stereocenters. The van der Waals surface area contributed by atoms with Crippen LogP contribution in [0.25, 0.3) is 0 Å². The van der Waals surface area contributed by atoms with Gasteiger partial charge < -0.3 is 5.73 Å². The van der Waals surface area contributed by atoms with Gasteiger partial charge in [0.25, 0.3) is 0 Å². The van der Waals surface area contributed by atoms with Crippen LogP contribution in [0.2, 0.25) is 0 Å². The largest absolute Gasteiger partial charge is 0.322 e. The Labute approximate surface area is 113 Å². The molecule has 0 amide bonds. The molecule has 0 saturated carbocycles. The van der Waals surface area contributed by atoms with E-state index in [1.165, 1.54) is 11.6 Å². The number of rotatable bonds is 4. The van der Waals surface area contributed by atoms with Crippen LogP contribution >= 0.6 is 0 Å². The molecule has 0 spiro atoms. The highest BCUT2D eigenvalue weighted by molar-refractivity contribution is 5.25. The standard InChI is InChI=1S/C15H20FN3/c1-4-12-10(2)18-19(11(12)3)9-15(17)13-7-5-6-8-14(13)16/h5-8,15H,4,9,17H2,1-3H3. The highest BCUT2D eigenvalue weighted by Crippen LogP contribution is 2.19. The zero-order chi connectivity index (χ0) is 14.0. The molecule has 2 aromatic rings. The summed E-state index contributed by atoms with van der Waals surface area (Å²) in [5.41, 5.74) is 10.0. The van der Waals surface area contributed by atoms with Crippen molar-refractivity contribution < 1.29 is 4.39 Å². The summed E-state index contributed by atoms with van der Waals surface area (Å²) in [6.07, 6.45) is 0.951. The van der Waals surface area contributed by atoms with Crippen molar-refractivity contribution in [1.82, 2.24) is 9.78 Å². The van der Waals surface area contributed by atoms with Crippen LogP contribution in [0.15, 0.2) is 24.3 Å². The number of hydrogen-bond acceptors (Lipinski definition) is 2. The van der Waals surface area contributed by atoms with Crippen molar-refractivity contribution in [3.05, 3.63) is 52.6 Å². The number of aromatic nitrogens is 2. The second-order valence-corrected chi connectivity index (χ2v) is 4.81. The fraction of sp³-hybridized carbons (Fsp3) is 0.400. The first-order chi connectivity index (χ1) is 9.04. The van der Waals surface area contributed by atoms with Crippen LogP contribution in [0, 0.1) is 19.7 Å². The Morgan fingerprint density at radius 3 is 2.58 bits per heavy atom. The van der Waals surface area contributed by atoms with Gasteiger partial charge in [0.05, 0.1) is 18.3 Å². The van der Waals surface area contributed by atoms with Gasteiger partial charge in [-0.05, 0) is 31.9 Å². The average molecular weight is 261 g/mol. The maximum absolute atomic E-state index is 13.7. The zero-order valence-electron chi connectivity index (χ0n) is 11.7. The summed E-state index contributed by atoms with van der Waals surface area (Å²) in [5, 5.41) is 4.49. The minimum absolute atomic E-state index is 0.257. The van der Waals surface area contributed by atoms with Crippen LogP contribution in [-0.2, 0) is 13.0 Å². The van der Waals surface area contributed by atoms with Crippen molar-refractivity contribution in [3.8, 4) is 0 Å². The monoisotopic (exact) mass is 261 g/mol. The molecule has 1 heterocycles. The van der Waals surface area contributed by atoms with E-state index in [2.05, 4.69) is 12.0 Å². The third kappa shape index (κ3) is 2.68. The highest BCUT2D eigenvalue weighted by atomic mass is 19.1. The van der Waals surface area contributed by atoms with Crippen LogP contribution in [-0.4, -0.2) is 9.78 Å².